The zero-order chi connectivity index (χ0) is 13.0. The zero-order valence-electron chi connectivity index (χ0n) is 10.8. The smallest absolute Gasteiger partial charge is 0.0511 e. The molecule has 0 bridgehead atoms. The van der Waals surface area contributed by atoms with E-state index in [1.54, 1.807) is 0 Å². The molecule has 0 aromatic heterocycles. The molecule has 2 nitrogen and oxygen atoms in total. The first-order chi connectivity index (χ1) is 8.74. The normalized spacial score (nSPS) is 17.2. The maximum atomic E-state index is 3.69. The lowest BCUT2D eigenvalue weighted by Gasteiger charge is -2.36. The Kier molecular flexibility index (Phi) is 5.52. The third-order valence-corrected chi connectivity index (χ3v) is 4.70. The predicted molar refractivity (Wildman–Crippen MR) is 85.7 cm³/mol. The second kappa shape index (κ2) is 6.92. The molecule has 1 saturated heterocycles. The Hall–Kier alpha value is -0.0600. The fourth-order valence-electron chi connectivity index (χ4n) is 2.42. The first-order valence-corrected chi connectivity index (χ1v) is 8.47. The second-order valence-electron chi connectivity index (χ2n) is 4.75. The molecule has 100 valence electrons. The molecule has 18 heavy (non-hydrogen) atoms. The molecule has 0 amide bonds. The molecular formula is C14H20Br2N2. The third kappa shape index (κ3) is 3.49. The van der Waals surface area contributed by atoms with Gasteiger partial charge in [-0.15, -0.1) is 0 Å². The number of halogens is 2. The molecule has 2 rings (SSSR count). The quantitative estimate of drug-likeness (QED) is 0.737. The van der Waals surface area contributed by atoms with Crippen molar-refractivity contribution in [3.05, 3.63) is 28.2 Å². The largest absolute Gasteiger partial charge is 0.368 e. The van der Waals surface area contributed by atoms with Crippen LogP contribution in [0.2, 0.25) is 0 Å². The zero-order valence-corrected chi connectivity index (χ0v) is 14.0. The average molecular weight is 376 g/mol. The number of anilines is 1. The fraction of sp³-hybridized carbons (Fsp3) is 0.571. The van der Waals surface area contributed by atoms with Gasteiger partial charge in [0.1, 0.15) is 0 Å². The van der Waals surface area contributed by atoms with Crippen LogP contribution in [-0.2, 0) is 5.33 Å². The van der Waals surface area contributed by atoms with E-state index in [4.69, 9.17) is 0 Å². The molecule has 0 saturated carbocycles. The number of piperazine rings is 1. The lowest BCUT2D eigenvalue weighted by molar-refractivity contribution is 0.258. The van der Waals surface area contributed by atoms with Crippen molar-refractivity contribution in [3.8, 4) is 0 Å². The van der Waals surface area contributed by atoms with Gasteiger partial charge in [-0.25, -0.2) is 0 Å². The van der Waals surface area contributed by atoms with Crippen molar-refractivity contribution in [1.82, 2.24) is 4.90 Å². The Bertz CT molecular complexity index is 387. The van der Waals surface area contributed by atoms with Crippen molar-refractivity contribution >= 4 is 37.5 Å². The van der Waals surface area contributed by atoms with E-state index in [-0.39, 0.29) is 0 Å². The number of hydrogen-bond acceptors (Lipinski definition) is 2. The minimum Gasteiger partial charge on any atom is -0.368 e. The van der Waals surface area contributed by atoms with Gasteiger partial charge in [0.2, 0.25) is 0 Å². The molecule has 4 heteroatoms. The van der Waals surface area contributed by atoms with Crippen molar-refractivity contribution in [1.29, 1.82) is 0 Å². The SMILES string of the molecule is CCCN1CCN(c2ccc(CBr)cc2Br)CC1. The summed E-state index contributed by atoms with van der Waals surface area (Å²) in [6, 6.07) is 6.64. The molecule has 1 aliphatic heterocycles. The van der Waals surface area contributed by atoms with Crippen LogP contribution in [0.4, 0.5) is 5.69 Å². The molecule has 1 heterocycles. The van der Waals surface area contributed by atoms with E-state index >= 15 is 0 Å². The number of hydrogen-bond donors (Lipinski definition) is 0. The van der Waals surface area contributed by atoms with Gasteiger partial charge in [0.15, 0.2) is 0 Å². The lowest BCUT2D eigenvalue weighted by atomic mass is 10.2. The van der Waals surface area contributed by atoms with Gasteiger partial charge in [-0.1, -0.05) is 28.9 Å². The molecule has 1 aromatic carbocycles. The van der Waals surface area contributed by atoms with E-state index in [0.717, 1.165) is 18.4 Å². The van der Waals surface area contributed by atoms with E-state index in [0.29, 0.717) is 0 Å². The summed E-state index contributed by atoms with van der Waals surface area (Å²) in [4.78, 5) is 5.03. The average Bonchev–Trinajstić information content (AvgIpc) is 2.40. The minimum atomic E-state index is 0.913. The molecule has 1 aliphatic rings. The van der Waals surface area contributed by atoms with Gasteiger partial charge in [0.05, 0.1) is 5.69 Å². The summed E-state index contributed by atoms with van der Waals surface area (Å²) in [5, 5.41) is 0.913. The van der Waals surface area contributed by atoms with Gasteiger partial charge in [-0.05, 0) is 46.6 Å². The van der Waals surface area contributed by atoms with Crippen LogP contribution in [0.3, 0.4) is 0 Å². The summed E-state index contributed by atoms with van der Waals surface area (Å²) < 4.78 is 1.21. The second-order valence-corrected chi connectivity index (χ2v) is 6.16. The van der Waals surface area contributed by atoms with Gasteiger partial charge in [0.25, 0.3) is 0 Å². The molecule has 0 radical (unpaired) electrons. The van der Waals surface area contributed by atoms with Crippen LogP contribution < -0.4 is 4.90 Å². The Morgan fingerprint density at radius 2 is 1.89 bits per heavy atom. The van der Waals surface area contributed by atoms with Crippen molar-refractivity contribution in [2.45, 2.75) is 18.7 Å². The van der Waals surface area contributed by atoms with Crippen LogP contribution in [0, 0.1) is 0 Å². The van der Waals surface area contributed by atoms with Gasteiger partial charge in [-0.3, -0.25) is 4.90 Å². The summed E-state index contributed by atoms with van der Waals surface area (Å²) >= 11 is 7.19. The topological polar surface area (TPSA) is 6.48 Å². The molecular weight excluding hydrogens is 356 g/mol. The third-order valence-electron chi connectivity index (χ3n) is 3.42. The fourth-order valence-corrected chi connectivity index (χ4v) is 3.44. The van der Waals surface area contributed by atoms with E-state index in [1.807, 2.05) is 0 Å². The van der Waals surface area contributed by atoms with Crippen LogP contribution in [0.5, 0.6) is 0 Å². The monoisotopic (exact) mass is 374 g/mol. The molecule has 0 unspecified atom stereocenters. The maximum absolute atomic E-state index is 3.69. The number of alkyl halides is 1. The highest BCUT2D eigenvalue weighted by Gasteiger charge is 2.18. The molecule has 0 N–H and O–H groups in total. The van der Waals surface area contributed by atoms with Gasteiger partial charge in [0, 0.05) is 36.0 Å². The van der Waals surface area contributed by atoms with Crippen LogP contribution in [0.25, 0.3) is 0 Å². The highest BCUT2D eigenvalue weighted by atomic mass is 79.9. The molecule has 1 aromatic rings. The summed E-state index contributed by atoms with van der Waals surface area (Å²) in [6.07, 6.45) is 1.25. The first-order valence-electron chi connectivity index (χ1n) is 6.56. The molecule has 1 fully saturated rings. The van der Waals surface area contributed by atoms with E-state index in [2.05, 4.69) is 66.8 Å². The van der Waals surface area contributed by atoms with Crippen LogP contribution >= 0.6 is 31.9 Å². The van der Waals surface area contributed by atoms with Crippen molar-refractivity contribution < 1.29 is 0 Å². The number of benzene rings is 1. The highest BCUT2D eigenvalue weighted by molar-refractivity contribution is 9.10. The summed E-state index contributed by atoms with van der Waals surface area (Å²) in [7, 11) is 0. The Morgan fingerprint density at radius 3 is 2.44 bits per heavy atom. The lowest BCUT2D eigenvalue weighted by Crippen LogP contribution is -2.46. The summed E-state index contributed by atoms with van der Waals surface area (Å²) in [6.45, 7) is 8.11. The minimum absolute atomic E-state index is 0.913. The van der Waals surface area contributed by atoms with Gasteiger partial charge < -0.3 is 4.90 Å². The van der Waals surface area contributed by atoms with Gasteiger partial charge >= 0.3 is 0 Å². The van der Waals surface area contributed by atoms with Gasteiger partial charge in [-0.2, -0.15) is 0 Å². The first kappa shape index (κ1) is 14.4. The molecule has 0 aliphatic carbocycles. The highest BCUT2D eigenvalue weighted by Crippen LogP contribution is 2.28. The van der Waals surface area contributed by atoms with E-state index in [9.17, 15) is 0 Å². The Morgan fingerprint density at radius 1 is 1.17 bits per heavy atom. The Labute approximate surface area is 127 Å². The predicted octanol–water partition coefficient (Wildman–Crippen LogP) is 3.88. The molecule has 0 atom stereocenters. The Balaban J connectivity index is 2.01. The van der Waals surface area contributed by atoms with Crippen molar-refractivity contribution in [2.75, 3.05) is 37.6 Å². The van der Waals surface area contributed by atoms with Crippen molar-refractivity contribution in [2.24, 2.45) is 0 Å². The van der Waals surface area contributed by atoms with Crippen LogP contribution in [0.1, 0.15) is 18.9 Å². The van der Waals surface area contributed by atoms with Crippen LogP contribution in [0.15, 0.2) is 22.7 Å². The van der Waals surface area contributed by atoms with Crippen molar-refractivity contribution in [3.63, 3.8) is 0 Å². The summed E-state index contributed by atoms with van der Waals surface area (Å²) in [5.74, 6) is 0. The summed E-state index contributed by atoms with van der Waals surface area (Å²) in [5.41, 5.74) is 2.64. The van der Waals surface area contributed by atoms with Crippen LogP contribution in [-0.4, -0.2) is 37.6 Å². The number of nitrogens with zero attached hydrogens (tertiary/aromatic N) is 2. The molecule has 0 spiro atoms. The maximum Gasteiger partial charge on any atom is 0.0511 e. The van der Waals surface area contributed by atoms with E-state index < -0.39 is 0 Å². The standard InChI is InChI=1S/C14H20Br2N2/c1-2-5-17-6-8-18(9-7-17)14-4-3-12(11-15)10-13(14)16/h3-4,10H,2,5-9,11H2,1H3. The number of rotatable bonds is 4. The van der Waals surface area contributed by atoms with E-state index in [1.165, 1.54) is 41.8 Å².